The molecule has 1 aromatic heterocycles. The van der Waals surface area contributed by atoms with E-state index in [1.165, 1.54) is 24.8 Å². The molecule has 180 valence electrons. The zero-order valence-electron chi connectivity index (χ0n) is 19.6. The molecule has 1 aliphatic carbocycles. The minimum Gasteiger partial charge on any atom is -0.494 e. The van der Waals surface area contributed by atoms with Crippen LogP contribution in [0.3, 0.4) is 0 Å². The van der Waals surface area contributed by atoms with E-state index in [-0.39, 0.29) is 17.7 Å². The number of pyridine rings is 1. The molecular formula is C27H33N3O4. The van der Waals surface area contributed by atoms with E-state index in [1.807, 2.05) is 30.5 Å². The van der Waals surface area contributed by atoms with Crippen LogP contribution in [0.15, 0.2) is 42.6 Å². The fourth-order valence-corrected chi connectivity index (χ4v) is 5.04. The lowest BCUT2D eigenvalue weighted by Crippen LogP contribution is -2.39. The largest absolute Gasteiger partial charge is 0.494 e. The van der Waals surface area contributed by atoms with E-state index in [2.05, 4.69) is 27.8 Å². The Kier molecular flexibility index (Phi) is 6.81. The summed E-state index contributed by atoms with van der Waals surface area (Å²) in [5.41, 5.74) is 2.69. The average Bonchev–Trinajstić information content (AvgIpc) is 3.47. The number of benzene rings is 1. The van der Waals surface area contributed by atoms with Gasteiger partial charge in [-0.15, -0.1) is 0 Å². The second-order valence-electron chi connectivity index (χ2n) is 9.82. The highest BCUT2D eigenvalue weighted by Crippen LogP contribution is 2.47. The van der Waals surface area contributed by atoms with Crippen molar-refractivity contribution < 1.29 is 19.1 Å². The molecule has 2 amide bonds. The molecule has 2 aliphatic heterocycles. The summed E-state index contributed by atoms with van der Waals surface area (Å²) in [7, 11) is 0. The van der Waals surface area contributed by atoms with Crippen molar-refractivity contribution in [3.8, 4) is 11.6 Å². The van der Waals surface area contributed by atoms with Gasteiger partial charge in [-0.2, -0.15) is 0 Å². The zero-order valence-corrected chi connectivity index (χ0v) is 19.6. The summed E-state index contributed by atoms with van der Waals surface area (Å²) >= 11 is 0. The molecule has 34 heavy (non-hydrogen) atoms. The Labute approximate surface area is 200 Å². The number of unbranched alkanes of at least 4 members (excludes halogenated alkanes) is 2. The highest BCUT2D eigenvalue weighted by Gasteiger charge is 2.48. The lowest BCUT2D eigenvalue weighted by molar-refractivity contribution is -0.134. The second kappa shape index (κ2) is 10.1. The van der Waals surface area contributed by atoms with E-state index in [4.69, 9.17) is 9.47 Å². The SMILES string of the molecule is O=C1CCC(c2ccc(OCCCCCOc3cc([C@@H]4CNC5(CC5)C4)ccn3)cc2)C(=O)N1. The van der Waals surface area contributed by atoms with Gasteiger partial charge < -0.3 is 14.8 Å². The van der Waals surface area contributed by atoms with Crippen LogP contribution in [-0.2, 0) is 9.59 Å². The molecule has 1 aromatic carbocycles. The standard InChI is InChI=1S/C27H33N3O4/c31-24-9-8-23(26(32)30-24)19-4-6-22(7-5-19)33-14-2-1-3-15-34-25-16-20(10-13-28-25)21-17-27(11-12-27)29-18-21/h4-7,10,13,16,21,23,29H,1-3,8-9,11-12,14-15,17-18H2,(H,30,31,32)/t21-,23?/m0/s1. The van der Waals surface area contributed by atoms with Crippen molar-refractivity contribution in [1.29, 1.82) is 0 Å². The van der Waals surface area contributed by atoms with Gasteiger partial charge in [0.15, 0.2) is 0 Å². The zero-order chi connectivity index (χ0) is 23.4. The molecular weight excluding hydrogens is 430 g/mol. The highest BCUT2D eigenvalue weighted by molar-refractivity contribution is 6.00. The number of carbonyl (C=O) groups excluding carboxylic acids is 2. The van der Waals surface area contributed by atoms with Crippen molar-refractivity contribution >= 4 is 11.8 Å². The molecule has 0 bridgehead atoms. The fourth-order valence-electron chi connectivity index (χ4n) is 5.04. The van der Waals surface area contributed by atoms with Crippen LogP contribution in [0.4, 0.5) is 0 Å². The number of hydrogen-bond acceptors (Lipinski definition) is 6. The minimum atomic E-state index is -0.258. The monoisotopic (exact) mass is 463 g/mol. The van der Waals surface area contributed by atoms with Gasteiger partial charge in [0.05, 0.1) is 19.1 Å². The Hall–Kier alpha value is -2.93. The first-order valence-corrected chi connectivity index (χ1v) is 12.5. The van der Waals surface area contributed by atoms with Crippen molar-refractivity contribution in [2.45, 2.75) is 68.7 Å². The lowest BCUT2D eigenvalue weighted by atomic mass is 9.90. The number of nitrogens with one attached hydrogen (secondary N) is 2. The number of carbonyl (C=O) groups is 2. The summed E-state index contributed by atoms with van der Waals surface area (Å²) in [6.07, 6.45) is 9.59. The maximum Gasteiger partial charge on any atom is 0.234 e. The van der Waals surface area contributed by atoms with E-state index in [0.717, 1.165) is 43.0 Å². The number of imide groups is 1. The van der Waals surface area contributed by atoms with Crippen LogP contribution in [0.1, 0.15) is 74.3 Å². The van der Waals surface area contributed by atoms with Gasteiger partial charge in [-0.3, -0.25) is 14.9 Å². The summed E-state index contributed by atoms with van der Waals surface area (Å²) in [6.45, 7) is 2.36. The lowest BCUT2D eigenvalue weighted by Gasteiger charge is -2.21. The van der Waals surface area contributed by atoms with Crippen LogP contribution in [0.25, 0.3) is 0 Å². The molecule has 1 spiro atoms. The van der Waals surface area contributed by atoms with E-state index >= 15 is 0 Å². The molecule has 2 saturated heterocycles. The molecule has 3 heterocycles. The minimum absolute atomic E-state index is 0.190. The van der Waals surface area contributed by atoms with Gasteiger partial charge in [0.1, 0.15) is 5.75 Å². The normalized spacial score (nSPS) is 23.1. The van der Waals surface area contributed by atoms with E-state index in [9.17, 15) is 9.59 Å². The third kappa shape index (κ3) is 5.58. The quantitative estimate of drug-likeness (QED) is 0.411. The Morgan fingerprint density at radius 1 is 0.971 bits per heavy atom. The van der Waals surface area contributed by atoms with Crippen LogP contribution < -0.4 is 20.1 Å². The van der Waals surface area contributed by atoms with E-state index in [1.54, 1.807) is 0 Å². The molecule has 5 rings (SSSR count). The van der Waals surface area contributed by atoms with Gasteiger partial charge in [0.2, 0.25) is 17.7 Å². The highest BCUT2D eigenvalue weighted by atomic mass is 16.5. The van der Waals surface area contributed by atoms with Crippen LogP contribution in [0.2, 0.25) is 0 Å². The number of nitrogens with zero attached hydrogens (tertiary/aromatic N) is 1. The Bertz CT molecular complexity index is 1020. The molecule has 2 aromatic rings. The summed E-state index contributed by atoms with van der Waals surface area (Å²) in [5.74, 6) is 1.43. The second-order valence-corrected chi connectivity index (χ2v) is 9.82. The van der Waals surface area contributed by atoms with Crippen LogP contribution in [-0.4, -0.2) is 42.1 Å². The van der Waals surface area contributed by atoms with Crippen molar-refractivity contribution in [2.24, 2.45) is 0 Å². The molecule has 2 atom stereocenters. The maximum atomic E-state index is 12.0. The van der Waals surface area contributed by atoms with Crippen LogP contribution in [0, 0.1) is 0 Å². The summed E-state index contributed by atoms with van der Waals surface area (Å²) in [5, 5.41) is 6.09. The smallest absolute Gasteiger partial charge is 0.234 e. The molecule has 7 nitrogen and oxygen atoms in total. The summed E-state index contributed by atoms with van der Waals surface area (Å²) < 4.78 is 11.7. The van der Waals surface area contributed by atoms with Gasteiger partial charge in [-0.05, 0) is 80.2 Å². The number of aromatic nitrogens is 1. The molecule has 1 unspecified atom stereocenters. The van der Waals surface area contributed by atoms with Crippen molar-refractivity contribution in [2.75, 3.05) is 19.8 Å². The predicted molar refractivity (Wildman–Crippen MR) is 128 cm³/mol. The first-order valence-electron chi connectivity index (χ1n) is 12.5. The van der Waals surface area contributed by atoms with Crippen molar-refractivity contribution in [1.82, 2.24) is 15.6 Å². The third-order valence-electron chi connectivity index (χ3n) is 7.27. The first-order chi connectivity index (χ1) is 16.6. The Morgan fingerprint density at radius 2 is 1.76 bits per heavy atom. The number of ether oxygens (including phenoxy) is 2. The molecule has 2 N–H and O–H groups in total. The predicted octanol–water partition coefficient (Wildman–Crippen LogP) is 3.84. The number of rotatable bonds is 10. The molecule has 3 fully saturated rings. The van der Waals surface area contributed by atoms with Crippen molar-refractivity contribution in [3.05, 3.63) is 53.7 Å². The molecule has 3 aliphatic rings. The van der Waals surface area contributed by atoms with Gasteiger partial charge in [0.25, 0.3) is 0 Å². The molecule has 0 radical (unpaired) electrons. The first kappa shape index (κ1) is 22.8. The van der Waals surface area contributed by atoms with E-state index in [0.29, 0.717) is 37.5 Å². The Balaban J connectivity index is 0.974. The average molecular weight is 464 g/mol. The molecule has 7 heteroatoms. The van der Waals surface area contributed by atoms with Crippen LogP contribution in [0.5, 0.6) is 11.6 Å². The topological polar surface area (TPSA) is 89.6 Å². The summed E-state index contributed by atoms with van der Waals surface area (Å²) in [6, 6.07) is 11.8. The van der Waals surface area contributed by atoms with Crippen molar-refractivity contribution in [3.63, 3.8) is 0 Å². The fraction of sp³-hybridized carbons (Fsp3) is 0.519. The summed E-state index contributed by atoms with van der Waals surface area (Å²) in [4.78, 5) is 27.7. The van der Waals surface area contributed by atoms with E-state index < -0.39 is 0 Å². The molecule has 1 saturated carbocycles. The van der Waals surface area contributed by atoms with Gasteiger partial charge >= 0.3 is 0 Å². The number of hydrogen-bond donors (Lipinski definition) is 2. The Morgan fingerprint density at radius 3 is 2.50 bits per heavy atom. The number of piperidine rings is 1. The van der Waals surface area contributed by atoms with Gasteiger partial charge in [0, 0.05) is 30.8 Å². The van der Waals surface area contributed by atoms with Gasteiger partial charge in [-0.25, -0.2) is 4.98 Å². The van der Waals surface area contributed by atoms with Gasteiger partial charge in [-0.1, -0.05) is 12.1 Å². The third-order valence-corrected chi connectivity index (χ3v) is 7.27. The number of amides is 2. The van der Waals surface area contributed by atoms with Crippen LogP contribution >= 0.6 is 0 Å². The maximum absolute atomic E-state index is 12.0.